The number of hydrogen-bond acceptors (Lipinski definition) is 0. The van der Waals surface area contributed by atoms with Crippen molar-refractivity contribution in [2.75, 3.05) is 0 Å². The third-order valence-electron chi connectivity index (χ3n) is 3.56. The van der Waals surface area contributed by atoms with Gasteiger partial charge in [0.1, 0.15) is 4.87 Å². The van der Waals surface area contributed by atoms with E-state index in [0.717, 1.165) is 17.5 Å². The number of allylic oxidation sites excluding steroid dienone is 4. The number of hydrogen-bond donors (Lipinski definition) is 0. The van der Waals surface area contributed by atoms with Crippen molar-refractivity contribution in [1.82, 2.24) is 0 Å². The van der Waals surface area contributed by atoms with Crippen LogP contribution in [0, 0.1) is 0 Å². The molecule has 0 fully saturated rings. The van der Waals surface area contributed by atoms with Crippen molar-refractivity contribution < 1.29 is 0 Å². The maximum Gasteiger partial charge on any atom is 0.116 e. The highest BCUT2D eigenvalue weighted by molar-refractivity contribution is 6.28. The molecule has 1 aliphatic rings. The molecule has 0 amide bonds. The van der Waals surface area contributed by atoms with Crippen LogP contribution in [0.2, 0.25) is 0 Å². The lowest BCUT2D eigenvalue weighted by Crippen LogP contribution is -2.22. The second kappa shape index (κ2) is 5.07. The maximum absolute atomic E-state index is 7.09. The van der Waals surface area contributed by atoms with E-state index >= 15 is 0 Å². The molecular formula is C18H15Cl. The van der Waals surface area contributed by atoms with E-state index in [1.165, 1.54) is 5.57 Å². The van der Waals surface area contributed by atoms with Gasteiger partial charge in [-0.25, -0.2) is 0 Å². The van der Waals surface area contributed by atoms with E-state index in [4.69, 9.17) is 11.6 Å². The minimum absolute atomic E-state index is 0.563. The number of halogens is 1. The molecule has 0 bridgehead atoms. The first-order chi connectivity index (χ1) is 9.32. The van der Waals surface area contributed by atoms with E-state index in [2.05, 4.69) is 42.5 Å². The summed E-state index contributed by atoms with van der Waals surface area (Å²) in [6.45, 7) is 0. The Morgan fingerprint density at radius 3 is 1.74 bits per heavy atom. The summed E-state index contributed by atoms with van der Waals surface area (Å²) in [5.74, 6) is 0. The number of alkyl halides is 1. The monoisotopic (exact) mass is 266 g/mol. The fraction of sp³-hybridized carbons (Fsp3) is 0.111. The fourth-order valence-electron chi connectivity index (χ4n) is 2.58. The predicted octanol–water partition coefficient (Wildman–Crippen LogP) is 5.06. The summed E-state index contributed by atoms with van der Waals surface area (Å²) in [7, 11) is 0. The van der Waals surface area contributed by atoms with E-state index < -0.39 is 4.87 Å². The molecule has 0 aromatic heterocycles. The van der Waals surface area contributed by atoms with Gasteiger partial charge in [0.15, 0.2) is 0 Å². The molecule has 0 saturated carbocycles. The minimum Gasteiger partial charge on any atom is -0.104 e. The van der Waals surface area contributed by atoms with Crippen LogP contribution in [0.25, 0.3) is 0 Å². The van der Waals surface area contributed by atoms with E-state index in [9.17, 15) is 0 Å². The standard InChI is InChI=1S/C18H15Cl/c19-18(17-13-7-8-14-17,15-9-3-1-4-10-15)16-11-5-2-6-12-16/h1-13H,14H2. The van der Waals surface area contributed by atoms with Gasteiger partial charge < -0.3 is 0 Å². The van der Waals surface area contributed by atoms with Gasteiger partial charge in [-0.05, 0) is 23.1 Å². The van der Waals surface area contributed by atoms with E-state index in [0.29, 0.717) is 0 Å². The molecule has 19 heavy (non-hydrogen) atoms. The average molecular weight is 267 g/mol. The van der Waals surface area contributed by atoms with Crippen molar-refractivity contribution in [3.8, 4) is 0 Å². The van der Waals surface area contributed by atoms with Gasteiger partial charge in [0.25, 0.3) is 0 Å². The highest BCUT2D eigenvalue weighted by Gasteiger charge is 2.35. The highest BCUT2D eigenvalue weighted by atomic mass is 35.5. The molecule has 0 aliphatic heterocycles. The van der Waals surface area contributed by atoms with Gasteiger partial charge in [-0.2, -0.15) is 0 Å². The molecule has 0 unspecified atom stereocenters. The van der Waals surface area contributed by atoms with Crippen molar-refractivity contribution in [2.45, 2.75) is 11.3 Å². The van der Waals surface area contributed by atoms with Crippen molar-refractivity contribution in [1.29, 1.82) is 0 Å². The van der Waals surface area contributed by atoms with E-state index in [1.54, 1.807) is 0 Å². The van der Waals surface area contributed by atoms with Gasteiger partial charge >= 0.3 is 0 Å². The fourth-order valence-corrected chi connectivity index (χ4v) is 2.97. The summed E-state index contributed by atoms with van der Waals surface area (Å²) in [4.78, 5) is -0.563. The Bertz CT molecular complexity index is 569. The van der Waals surface area contributed by atoms with Gasteiger partial charge in [-0.1, -0.05) is 78.9 Å². The Morgan fingerprint density at radius 1 is 0.789 bits per heavy atom. The summed E-state index contributed by atoms with van der Waals surface area (Å²) >= 11 is 7.09. The Balaban J connectivity index is 2.17. The minimum atomic E-state index is -0.563. The summed E-state index contributed by atoms with van der Waals surface area (Å²) < 4.78 is 0. The topological polar surface area (TPSA) is 0 Å². The smallest absolute Gasteiger partial charge is 0.104 e. The number of benzene rings is 2. The van der Waals surface area contributed by atoms with Crippen LogP contribution >= 0.6 is 11.6 Å². The molecule has 1 heteroatoms. The van der Waals surface area contributed by atoms with Crippen molar-refractivity contribution in [3.05, 3.63) is 95.6 Å². The molecular weight excluding hydrogens is 252 g/mol. The van der Waals surface area contributed by atoms with Crippen molar-refractivity contribution in [2.24, 2.45) is 0 Å². The van der Waals surface area contributed by atoms with Crippen LogP contribution in [-0.4, -0.2) is 0 Å². The van der Waals surface area contributed by atoms with Crippen LogP contribution in [0.5, 0.6) is 0 Å². The van der Waals surface area contributed by atoms with E-state index in [-0.39, 0.29) is 0 Å². The first kappa shape index (κ1) is 12.3. The van der Waals surface area contributed by atoms with Crippen LogP contribution in [0.15, 0.2) is 84.5 Å². The molecule has 2 aromatic carbocycles. The van der Waals surface area contributed by atoms with Gasteiger partial charge in [0, 0.05) is 0 Å². The number of rotatable bonds is 3. The summed E-state index contributed by atoms with van der Waals surface area (Å²) in [6, 6.07) is 20.6. The van der Waals surface area contributed by atoms with Crippen LogP contribution in [0.1, 0.15) is 17.5 Å². The lowest BCUT2D eigenvalue weighted by molar-refractivity contribution is 0.832. The predicted molar refractivity (Wildman–Crippen MR) is 81.4 cm³/mol. The maximum atomic E-state index is 7.09. The molecule has 0 nitrogen and oxygen atoms in total. The first-order valence-corrected chi connectivity index (χ1v) is 6.86. The molecule has 0 radical (unpaired) electrons. The van der Waals surface area contributed by atoms with Crippen LogP contribution in [0.3, 0.4) is 0 Å². The SMILES string of the molecule is ClC(C1=CC=CC1)(c1ccccc1)c1ccccc1. The summed E-state index contributed by atoms with van der Waals surface area (Å²) in [5.41, 5.74) is 3.47. The molecule has 0 atom stereocenters. The lowest BCUT2D eigenvalue weighted by atomic mass is 9.83. The molecule has 1 aliphatic carbocycles. The van der Waals surface area contributed by atoms with Crippen molar-refractivity contribution in [3.63, 3.8) is 0 Å². The third kappa shape index (κ3) is 2.13. The zero-order chi connectivity index (χ0) is 13.1. The quantitative estimate of drug-likeness (QED) is 0.682. The molecule has 2 aromatic rings. The lowest BCUT2D eigenvalue weighted by Gasteiger charge is -2.30. The highest BCUT2D eigenvalue weighted by Crippen LogP contribution is 2.45. The largest absolute Gasteiger partial charge is 0.116 e. The second-order valence-corrected chi connectivity index (χ2v) is 5.28. The van der Waals surface area contributed by atoms with Crippen LogP contribution in [0.4, 0.5) is 0 Å². The van der Waals surface area contributed by atoms with Gasteiger partial charge in [0.05, 0.1) is 0 Å². The summed E-state index contributed by atoms with van der Waals surface area (Å²) in [6.07, 6.45) is 7.27. The van der Waals surface area contributed by atoms with Crippen molar-refractivity contribution >= 4 is 11.6 Å². The van der Waals surface area contributed by atoms with E-state index in [1.807, 2.05) is 36.4 Å². The van der Waals surface area contributed by atoms with Crippen LogP contribution < -0.4 is 0 Å². The molecule has 94 valence electrons. The Morgan fingerprint density at radius 2 is 1.32 bits per heavy atom. The Kier molecular flexibility index (Phi) is 3.27. The Hall–Kier alpha value is -1.79. The molecule has 0 saturated heterocycles. The average Bonchev–Trinajstić information content (AvgIpc) is 3.03. The zero-order valence-electron chi connectivity index (χ0n) is 10.6. The Labute approximate surface area is 119 Å². The molecule has 0 spiro atoms. The molecule has 3 rings (SSSR count). The second-order valence-electron chi connectivity index (χ2n) is 4.71. The van der Waals surface area contributed by atoms with Crippen LogP contribution in [-0.2, 0) is 4.87 Å². The van der Waals surface area contributed by atoms with Gasteiger partial charge in [-0.15, -0.1) is 11.6 Å². The molecule has 0 N–H and O–H groups in total. The first-order valence-electron chi connectivity index (χ1n) is 6.48. The molecule has 0 heterocycles. The summed E-state index contributed by atoms with van der Waals surface area (Å²) in [5, 5.41) is 0. The third-order valence-corrected chi connectivity index (χ3v) is 4.24. The zero-order valence-corrected chi connectivity index (χ0v) is 11.3. The van der Waals surface area contributed by atoms with Gasteiger partial charge in [0.2, 0.25) is 0 Å². The van der Waals surface area contributed by atoms with Gasteiger partial charge in [-0.3, -0.25) is 0 Å². The normalized spacial score (nSPS) is 14.5.